The van der Waals surface area contributed by atoms with Crippen molar-refractivity contribution in [2.45, 2.75) is 53.1 Å². The highest BCUT2D eigenvalue weighted by Crippen LogP contribution is 2.06. The SMILES string of the molecule is C/C=C/CCNC(=NCCCNC(=O)OC(C)(C)C)NCC. The van der Waals surface area contributed by atoms with Crippen molar-refractivity contribution >= 4 is 12.1 Å². The van der Waals surface area contributed by atoms with E-state index in [9.17, 15) is 4.79 Å². The van der Waals surface area contributed by atoms with Crippen LogP contribution in [0.2, 0.25) is 0 Å². The van der Waals surface area contributed by atoms with Gasteiger partial charge in [0.1, 0.15) is 5.60 Å². The third-order valence-electron chi connectivity index (χ3n) is 2.46. The van der Waals surface area contributed by atoms with Crippen LogP contribution in [0, 0.1) is 0 Å². The van der Waals surface area contributed by atoms with E-state index in [1.165, 1.54) is 0 Å². The summed E-state index contributed by atoms with van der Waals surface area (Å²) in [5, 5.41) is 9.18. The Bertz CT molecular complexity index is 360. The standard InChI is InChI=1S/C16H32N4O2/c1-6-8-9-11-18-14(17-7-2)19-12-10-13-20-15(21)22-16(3,4)5/h6,8H,7,9-13H2,1-5H3,(H,20,21)(H2,17,18,19)/b8-6+. The first-order chi connectivity index (χ1) is 10.4. The number of guanidine groups is 1. The van der Waals surface area contributed by atoms with Gasteiger partial charge >= 0.3 is 6.09 Å². The van der Waals surface area contributed by atoms with E-state index >= 15 is 0 Å². The van der Waals surface area contributed by atoms with Gasteiger partial charge in [-0.3, -0.25) is 4.99 Å². The molecule has 0 aromatic rings. The first-order valence-electron chi connectivity index (χ1n) is 7.99. The molecule has 6 heteroatoms. The monoisotopic (exact) mass is 312 g/mol. The number of rotatable bonds is 8. The summed E-state index contributed by atoms with van der Waals surface area (Å²) in [7, 11) is 0. The molecule has 0 aromatic carbocycles. The number of allylic oxidation sites excluding steroid dienone is 1. The highest BCUT2D eigenvalue weighted by atomic mass is 16.6. The van der Waals surface area contributed by atoms with Crippen LogP contribution < -0.4 is 16.0 Å². The second-order valence-electron chi connectivity index (χ2n) is 5.83. The summed E-state index contributed by atoms with van der Waals surface area (Å²) in [5.41, 5.74) is -0.461. The average Bonchev–Trinajstić information content (AvgIpc) is 2.41. The lowest BCUT2D eigenvalue weighted by Crippen LogP contribution is -2.38. The van der Waals surface area contributed by atoms with Gasteiger partial charge in [0.25, 0.3) is 0 Å². The van der Waals surface area contributed by atoms with Crippen molar-refractivity contribution in [3.63, 3.8) is 0 Å². The van der Waals surface area contributed by atoms with Crippen molar-refractivity contribution in [2.75, 3.05) is 26.2 Å². The van der Waals surface area contributed by atoms with Gasteiger partial charge in [-0.05, 0) is 47.5 Å². The summed E-state index contributed by atoms with van der Waals surface area (Å²) < 4.78 is 5.16. The van der Waals surface area contributed by atoms with E-state index in [-0.39, 0.29) is 6.09 Å². The first-order valence-corrected chi connectivity index (χ1v) is 7.99. The molecule has 0 radical (unpaired) electrons. The molecule has 128 valence electrons. The summed E-state index contributed by atoms with van der Waals surface area (Å²) in [5.74, 6) is 0.810. The van der Waals surface area contributed by atoms with Crippen LogP contribution in [-0.2, 0) is 4.74 Å². The molecule has 22 heavy (non-hydrogen) atoms. The number of ether oxygens (including phenoxy) is 1. The van der Waals surface area contributed by atoms with E-state index in [1.807, 2.05) is 40.7 Å². The second kappa shape index (κ2) is 11.9. The predicted octanol–water partition coefficient (Wildman–Crippen LogP) is 2.42. The summed E-state index contributed by atoms with van der Waals surface area (Å²) in [6.45, 7) is 12.5. The number of nitrogens with zero attached hydrogens (tertiary/aromatic N) is 1. The zero-order valence-corrected chi connectivity index (χ0v) is 14.7. The number of alkyl carbamates (subject to hydrolysis) is 1. The molecule has 6 nitrogen and oxygen atoms in total. The Morgan fingerprint density at radius 3 is 2.50 bits per heavy atom. The van der Waals surface area contributed by atoms with E-state index in [1.54, 1.807) is 0 Å². The van der Waals surface area contributed by atoms with Crippen LogP contribution in [0.25, 0.3) is 0 Å². The van der Waals surface area contributed by atoms with E-state index in [4.69, 9.17) is 4.74 Å². The molecule has 0 aromatic heterocycles. The number of nitrogens with one attached hydrogen (secondary N) is 3. The average molecular weight is 312 g/mol. The topological polar surface area (TPSA) is 74.8 Å². The highest BCUT2D eigenvalue weighted by Gasteiger charge is 2.15. The Morgan fingerprint density at radius 2 is 1.91 bits per heavy atom. The maximum absolute atomic E-state index is 11.5. The van der Waals surface area contributed by atoms with Gasteiger partial charge in [0.05, 0.1) is 0 Å². The summed E-state index contributed by atoms with van der Waals surface area (Å²) in [6.07, 6.45) is 5.51. The molecule has 0 heterocycles. The molecule has 0 bridgehead atoms. The number of aliphatic imine (C=N–C) groups is 1. The van der Waals surface area contributed by atoms with Gasteiger partial charge in [0.15, 0.2) is 5.96 Å². The van der Waals surface area contributed by atoms with Crippen LogP contribution in [0.15, 0.2) is 17.1 Å². The molecule has 0 saturated carbocycles. The number of carbonyl (C=O) groups is 1. The Balaban J connectivity index is 3.91. The lowest BCUT2D eigenvalue weighted by molar-refractivity contribution is 0.0527. The third-order valence-corrected chi connectivity index (χ3v) is 2.46. The van der Waals surface area contributed by atoms with Crippen molar-refractivity contribution in [3.05, 3.63) is 12.2 Å². The Morgan fingerprint density at radius 1 is 1.18 bits per heavy atom. The van der Waals surface area contributed by atoms with Crippen molar-refractivity contribution in [2.24, 2.45) is 4.99 Å². The fraction of sp³-hybridized carbons (Fsp3) is 0.750. The summed E-state index contributed by atoms with van der Waals surface area (Å²) in [6, 6.07) is 0. The van der Waals surface area contributed by atoms with Gasteiger partial charge < -0.3 is 20.7 Å². The molecule has 0 aliphatic rings. The highest BCUT2D eigenvalue weighted by molar-refractivity contribution is 5.79. The van der Waals surface area contributed by atoms with Crippen LogP contribution in [0.3, 0.4) is 0 Å². The summed E-state index contributed by atoms with van der Waals surface area (Å²) in [4.78, 5) is 15.9. The van der Waals surface area contributed by atoms with Crippen LogP contribution in [0.4, 0.5) is 4.79 Å². The van der Waals surface area contributed by atoms with Gasteiger partial charge in [0.2, 0.25) is 0 Å². The molecular weight excluding hydrogens is 280 g/mol. The molecule has 0 saturated heterocycles. The van der Waals surface area contributed by atoms with E-state index < -0.39 is 5.60 Å². The molecular formula is C16H32N4O2. The third kappa shape index (κ3) is 13.3. The smallest absolute Gasteiger partial charge is 0.407 e. The van der Waals surface area contributed by atoms with Crippen molar-refractivity contribution in [1.82, 2.24) is 16.0 Å². The normalized spacial score (nSPS) is 12.3. The Hall–Kier alpha value is -1.72. The molecule has 0 aliphatic carbocycles. The molecule has 0 atom stereocenters. The lowest BCUT2D eigenvalue weighted by atomic mass is 10.2. The van der Waals surface area contributed by atoms with Crippen LogP contribution in [-0.4, -0.2) is 43.8 Å². The fourth-order valence-corrected chi connectivity index (χ4v) is 1.56. The lowest BCUT2D eigenvalue weighted by Gasteiger charge is -2.19. The number of hydrogen-bond acceptors (Lipinski definition) is 3. The van der Waals surface area contributed by atoms with Crippen molar-refractivity contribution in [1.29, 1.82) is 0 Å². The maximum Gasteiger partial charge on any atom is 0.407 e. The van der Waals surface area contributed by atoms with Gasteiger partial charge in [-0.25, -0.2) is 4.79 Å². The second-order valence-corrected chi connectivity index (χ2v) is 5.83. The minimum Gasteiger partial charge on any atom is -0.444 e. The van der Waals surface area contributed by atoms with Gasteiger partial charge in [-0.2, -0.15) is 0 Å². The molecule has 0 aliphatic heterocycles. The number of carbonyl (C=O) groups excluding carboxylic acids is 1. The Kier molecular flexibility index (Phi) is 11.0. The number of amides is 1. The van der Waals surface area contributed by atoms with Crippen molar-refractivity contribution < 1.29 is 9.53 Å². The molecule has 0 rings (SSSR count). The number of hydrogen-bond donors (Lipinski definition) is 3. The Labute approximate surface area is 134 Å². The van der Waals surface area contributed by atoms with Gasteiger partial charge in [0, 0.05) is 26.2 Å². The van der Waals surface area contributed by atoms with Crippen LogP contribution in [0.1, 0.15) is 47.5 Å². The predicted molar refractivity (Wildman–Crippen MR) is 92.3 cm³/mol. The largest absolute Gasteiger partial charge is 0.444 e. The van der Waals surface area contributed by atoms with Crippen molar-refractivity contribution in [3.8, 4) is 0 Å². The minimum atomic E-state index is -0.461. The van der Waals surface area contributed by atoms with Crippen LogP contribution in [0.5, 0.6) is 0 Å². The zero-order valence-electron chi connectivity index (χ0n) is 14.7. The van der Waals surface area contributed by atoms with Gasteiger partial charge in [-0.1, -0.05) is 12.2 Å². The van der Waals surface area contributed by atoms with Gasteiger partial charge in [-0.15, -0.1) is 0 Å². The first kappa shape index (κ1) is 20.3. The van der Waals surface area contributed by atoms with E-state index in [2.05, 4.69) is 27.0 Å². The van der Waals surface area contributed by atoms with E-state index in [0.29, 0.717) is 13.1 Å². The zero-order chi connectivity index (χ0) is 16.8. The molecule has 0 fully saturated rings. The molecule has 0 unspecified atom stereocenters. The van der Waals surface area contributed by atoms with Crippen LogP contribution >= 0.6 is 0 Å². The summed E-state index contributed by atoms with van der Waals surface area (Å²) >= 11 is 0. The molecule has 3 N–H and O–H groups in total. The molecule has 0 spiro atoms. The van der Waals surface area contributed by atoms with E-state index in [0.717, 1.165) is 31.9 Å². The molecule has 1 amide bonds. The maximum atomic E-state index is 11.5. The fourth-order valence-electron chi connectivity index (χ4n) is 1.56. The quantitative estimate of drug-likeness (QED) is 0.278. The minimum absolute atomic E-state index is 0.382.